The zero-order valence-electron chi connectivity index (χ0n) is 12.0. The molecule has 2 nitrogen and oxygen atoms in total. The van der Waals surface area contributed by atoms with Crippen LogP contribution in [-0.4, -0.2) is 19.2 Å². The lowest BCUT2D eigenvalue weighted by Gasteiger charge is -2.19. The first-order valence-corrected chi connectivity index (χ1v) is 8.21. The Morgan fingerprint density at radius 2 is 2.00 bits per heavy atom. The van der Waals surface area contributed by atoms with E-state index in [1.807, 2.05) is 30.3 Å². The second-order valence-electron chi connectivity index (χ2n) is 4.82. The predicted molar refractivity (Wildman–Crippen MR) is 92.3 cm³/mol. The molecule has 0 amide bonds. The summed E-state index contributed by atoms with van der Waals surface area (Å²) in [6.45, 7) is 3.62. The maximum atomic E-state index is 5.97. The van der Waals surface area contributed by atoms with Crippen LogP contribution >= 0.6 is 27.5 Å². The zero-order valence-corrected chi connectivity index (χ0v) is 14.3. The summed E-state index contributed by atoms with van der Waals surface area (Å²) >= 11 is 9.57. The number of nitrogens with one attached hydrogen (secondary N) is 1. The van der Waals surface area contributed by atoms with Gasteiger partial charge in [-0.25, -0.2) is 0 Å². The summed E-state index contributed by atoms with van der Waals surface area (Å²) in [5.41, 5.74) is 1.28. The molecule has 0 radical (unpaired) electrons. The highest BCUT2D eigenvalue weighted by atomic mass is 79.9. The quantitative estimate of drug-likeness (QED) is 0.764. The van der Waals surface area contributed by atoms with E-state index in [9.17, 15) is 0 Å². The summed E-state index contributed by atoms with van der Waals surface area (Å²) in [4.78, 5) is 0. The topological polar surface area (TPSA) is 21.3 Å². The Labute approximate surface area is 139 Å². The Balaban J connectivity index is 1.97. The van der Waals surface area contributed by atoms with Crippen molar-refractivity contribution in [2.45, 2.75) is 19.4 Å². The molecule has 1 N–H and O–H groups in total. The number of hydrogen-bond donors (Lipinski definition) is 1. The smallest absolute Gasteiger partial charge is 0.120 e. The van der Waals surface area contributed by atoms with Gasteiger partial charge in [0.15, 0.2) is 0 Å². The second-order valence-corrected chi connectivity index (χ2v) is 6.11. The largest absolute Gasteiger partial charge is 0.492 e. The van der Waals surface area contributed by atoms with E-state index in [0.717, 1.165) is 23.2 Å². The van der Waals surface area contributed by atoms with Crippen LogP contribution < -0.4 is 10.1 Å². The van der Waals surface area contributed by atoms with Crippen molar-refractivity contribution in [1.29, 1.82) is 0 Å². The number of hydrogen-bond acceptors (Lipinski definition) is 2. The molecule has 0 aliphatic carbocycles. The van der Waals surface area contributed by atoms with Crippen LogP contribution in [0.4, 0.5) is 0 Å². The Morgan fingerprint density at radius 3 is 2.71 bits per heavy atom. The van der Waals surface area contributed by atoms with Crippen molar-refractivity contribution in [3.8, 4) is 5.75 Å². The molecule has 0 bridgehead atoms. The predicted octanol–water partition coefficient (Wildman–Crippen LogP) is 4.70. The number of likely N-dealkylation sites (N-methyl/N-ethyl adjacent to an activating group) is 1. The van der Waals surface area contributed by atoms with E-state index in [0.29, 0.717) is 11.6 Å². The Bertz CT molecular complexity index is 576. The summed E-state index contributed by atoms with van der Waals surface area (Å²) in [6, 6.07) is 16.0. The summed E-state index contributed by atoms with van der Waals surface area (Å²) in [5.74, 6) is 0.803. The first-order chi connectivity index (χ1) is 10.2. The minimum atomic E-state index is 0.257. The first-order valence-electron chi connectivity index (χ1n) is 7.04. The molecule has 0 fully saturated rings. The molecule has 1 atom stereocenters. The Morgan fingerprint density at radius 1 is 1.19 bits per heavy atom. The average Bonchev–Trinajstić information content (AvgIpc) is 2.47. The molecule has 112 valence electrons. The highest BCUT2D eigenvalue weighted by molar-refractivity contribution is 9.10. The van der Waals surface area contributed by atoms with Crippen LogP contribution in [0.2, 0.25) is 5.02 Å². The van der Waals surface area contributed by atoms with Crippen LogP contribution in [0.5, 0.6) is 5.75 Å². The van der Waals surface area contributed by atoms with E-state index in [-0.39, 0.29) is 6.04 Å². The minimum Gasteiger partial charge on any atom is -0.492 e. The zero-order chi connectivity index (χ0) is 15.1. The summed E-state index contributed by atoms with van der Waals surface area (Å²) in [7, 11) is 0. The van der Waals surface area contributed by atoms with Crippen molar-refractivity contribution in [3.05, 3.63) is 63.6 Å². The van der Waals surface area contributed by atoms with Crippen LogP contribution in [0.15, 0.2) is 53.0 Å². The molecular formula is C17H19BrClNO. The second kappa shape index (κ2) is 8.42. The fourth-order valence-electron chi connectivity index (χ4n) is 2.16. The lowest BCUT2D eigenvalue weighted by molar-refractivity contribution is 0.264. The lowest BCUT2D eigenvalue weighted by Crippen LogP contribution is -2.36. The van der Waals surface area contributed by atoms with Crippen LogP contribution in [-0.2, 0) is 6.42 Å². The number of halogens is 2. The van der Waals surface area contributed by atoms with Gasteiger partial charge in [-0.15, -0.1) is 0 Å². The van der Waals surface area contributed by atoms with E-state index >= 15 is 0 Å². The van der Waals surface area contributed by atoms with Crippen LogP contribution in [0.25, 0.3) is 0 Å². The van der Waals surface area contributed by atoms with Crippen molar-refractivity contribution >= 4 is 27.5 Å². The van der Waals surface area contributed by atoms with Gasteiger partial charge >= 0.3 is 0 Å². The summed E-state index contributed by atoms with van der Waals surface area (Å²) in [5, 5.41) is 4.16. The molecule has 0 aliphatic heterocycles. The number of benzene rings is 2. The highest BCUT2D eigenvalue weighted by Gasteiger charge is 2.11. The van der Waals surface area contributed by atoms with Gasteiger partial charge in [0.05, 0.1) is 0 Å². The van der Waals surface area contributed by atoms with Crippen molar-refractivity contribution in [1.82, 2.24) is 5.32 Å². The third-order valence-electron chi connectivity index (χ3n) is 3.16. The maximum Gasteiger partial charge on any atom is 0.120 e. The molecular weight excluding hydrogens is 350 g/mol. The fourth-order valence-corrected chi connectivity index (χ4v) is 2.79. The molecule has 2 aromatic carbocycles. The van der Waals surface area contributed by atoms with Gasteiger partial charge < -0.3 is 10.1 Å². The van der Waals surface area contributed by atoms with Crippen molar-refractivity contribution in [3.63, 3.8) is 0 Å². The Kier molecular flexibility index (Phi) is 6.55. The van der Waals surface area contributed by atoms with Crippen molar-refractivity contribution < 1.29 is 4.74 Å². The van der Waals surface area contributed by atoms with Gasteiger partial charge in [-0.3, -0.25) is 0 Å². The standard InChI is InChI=1S/C17H19BrClNO/c1-2-20-15(10-13-6-3-4-9-17(13)18)12-21-16-8-5-7-14(19)11-16/h3-9,11,15,20H,2,10,12H2,1H3. The van der Waals surface area contributed by atoms with Gasteiger partial charge in [-0.1, -0.05) is 58.7 Å². The molecule has 0 saturated heterocycles. The minimum absolute atomic E-state index is 0.257. The summed E-state index contributed by atoms with van der Waals surface area (Å²) in [6.07, 6.45) is 0.913. The third kappa shape index (κ3) is 5.34. The Hall–Kier alpha value is -1.03. The van der Waals surface area contributed by atoms with E-state index in [4.69, 9.17) is 16.3 Å². The maximum absolute atomic E-state index is 5.97. The third-order valence-corrected chi connectivity index (χ3v) is 4.17. The fraction of sp³-hybridized carbons (Fsp3) is 0.294. The molecule has 0 aliphatic rings. The molecule has 0 spiro atoms. The normalized spacial score (nSPS) is 12.1. The van der Waals surface area contributed by atoms with Crippen molar-refractivity contribution in [2.24, 2.45) is 0 Å². The van der Waals surface area contributed by atoms with Gasteiger partial charge in [0, 0.05) is 15.5 Å². The molecule has 2 aromatic rings. The van der Waals surface area contributed by atoms with E-state index < -0.39 is 0 Å². The first kappa shape index (κ1) is 16.3. The van der Waals surface area contributed by atoms with Crippen LogP contribution in [0, 0.1) is 0 Å². The molecule has 2 rings (SSSR count). The molecule has 0 aromatic heterocycles. The molecule has 0 saturated carbocycles. The molecule has 1 unspecified atom stereocenters. The highest BCUT2D eigenvalue weighted by Crippen LogP contribution is 2.19. The average molecular weight is 369 g/mol. The molecule has 0 heterocycles. The van der Waals surface area contributed by atoms with Gasteiger partial charge in [-0.05, 0) is 42.8 Å². The molecule has 4 heteroatoms. The van der Waals surface area contributed by atoms with Crippen molar-refractivity contribution in [2.75, 3.05) is 13.2 Å². The molecule has 21 heavy (non-hydrogen) atoms. The van der Waals surface area contributed by atoms with Crippen LogP contribution in [0.1, 0.15) is 12.5 Å². The van der Waals surface area contributed by atoms with Gasteiger partial charge in [0.2, 0.25) is 0 Å². The van der Waals surface area contributed by atoms with Crippen LogP contribution in [0.3, 0.4) is 0 Å². The SMILES string of the molecule is CCNC(COc1cccc(Cl)c1)Cc1ccccc1Br. The van der Waals surface area contributed by atoms with E-state index in [2.05, 4.69) is 46.4 Å². The van der Waals surface area contributed by atoms with E-state index in [1.165, 1.54) is 5.56 Å². The number of ether oxygens (including phenoxy) is 1. The van der Waals surface area contributed by atoms with E-state index in [1.54, 1.807) is 0 Å². The number of rotatable bonds is 7. The van der Waals surface area contributed by atoms with Gasteiger partial charge in [0.25, 0.3) is 0 Å². The van der Waals surface area contributed by atoms with Gasteiger partial charge in [0.1, 0.15) is 12.4 Å². The monoisotopic (exact) mass is 367 g/mol. The van der Waals surface area contributed by atoms with Gasteiger partial charge in [-0.2, -0.15) is 0 Å². The summed E-state index contributed by atoms with van der Waals surface area (Å²) < 4.78 is 6.99. The lowest BCUT2D eigenvalue weighted by atomic mass is 10.1.